The van der Waals surface area contributed by atoms with Crippen LogP contribution in [0.5, 0.6) is 0 Å². The zero-order valence-corrected chi connectivity index (χ0v) is 10.7. The minimum atomic E-state index is 1.12. The third kappa shape index (κ3) is 2.83. The average Bonchev–Trinajstić information content (AvgIpc) is 2.30. The lowest BCUT2D eigenvalue weighted by atomic mass is 10.1. The molecule has 80 valence electrons. The summed E-state index contributed by atoms with van der Waals surface area (Å²) in [5.74, 6) is 0. The van der Waals surface area contributed by atoms with Crippen LogP contribution in [0.15, 0.2) is 53.0 Å². The van der Waals surface area contributed by atoms with Crippen molar-refractivity contribution < 1.29 is 0 Å². The molecule has 0 atom stereocenters. The van der Waals surface area contributed by atoms with Crippen LogP contribution >= 0.6 is 15.9 Å². The quantitative estimate of drug-likeness (QED) is 0.681. The second-order valence-electron chi connectivity index (χ2n) is 3.77. The lowest BCUT2D eigenvalue weighted by molar-refractivity contribution is 1.46. The molecule has 0 aliphatic carbocycles. The molecule has 2 aromatic rings. The highest BCUT2D eigenvalue weighted by molar-refractivity contribution is 9.10. The van der Waals surface area contributed by atoms with Crippen LogP contribution in [0, 0.1) is 6.92 Å². The van der Waals surface area contributed by atoms with E-state index in [2.05, 4.69) is 71.4 Å². The number of aryl methyl sites for hydroxylation is 1. The van der Waals surface area contributed by atoms with Gasteiger partial charge in [-0.2, -0.15) is 0 Å². The standard InChI is InChI=1S/C15H13Br/c1-12-6-8-13(9-7-12)10-11-14-4-2-3-5-15(14)16/h2-11H,1H3. The fraction of sp³-hybridized carbons (Fsp3) is 0.0667. The number of benzene rings is 2. The summed E-state index contributed by atoms with van der Waals surface area (Å²) in [5, 5.41) is 0. The van der Waals surface area contributed by atoms with Crippen LogP contribution in [0.25, 0.3) is 12.2 Å². The Balaban J connectivity index is 2.21. The first-order valence-electron chi connectivity index (χ1n) is 5.25. The summed E-state index contributed by atoms with van der Waals surface area (Å²) >= 11 is 3.53. The molecule has 0 N–H and O–H groups in total. The van der Waals surface area contributed by atoms with Crippen molar-refractivity contribution >= 4 is 28.1 Å². The third-order valence-corrected chi connectivity index (χ3v) is 3.16. The number of hydrogen-bond donors (Lipinski definition) is 0. The summed E-state index contributed by atoms with van der Waals surface area (Å²) in [7, 11) is 0. The van der Waals surface area contributed by atoms with Crippen LogP contribution in [0.1, 0.15) is 16.7 Å². The van der Waals surface area contributed by atoms with Crippen LogP contribution in [0.3, 0.4) is 0 Å². The first-order chi connectivity index (χ1) is 7.75. The van der Waals surface area contributed by atoms with Crippen LogP contribution in [-0.4, -0.2) is 0 Å². The SMILES string of the molecule is Cc1ccc(C=Cc2ccccc2Br)cc1. The molecule has 0 fully saturated rings. The fourth-order valence-electron chi connectivity index (χ4n) is 1.47. The van der Waals surface area contributed by atoms with E-state index >= 15 is 0 Å². The first-order valence-corrected chi connectivity index (χ1v) is 6.04. The molecular weight excluding hydrogens is 260 g/mol. The largest absolute Gasteiger partial charge is 0.0616 e. The molecule has 0 aromatic heterocycles. The van der Waals surface area contributed by atoms with Gasteiger partial charge < -0.3 is 0 Å². The average molecular weight is 273 g/mol. The van der Waals surface area contributed by atoms with Gasteiger partial charge in [-0.25, -0.2) is 0 Å². The summed E-state index contributed by atoms with van der Waals surface area (Å²) < 4.78 is 1.12. The second-order valence-corrected chi connectivity index (χ2v) is 4.62. The van der Waals surface area contributed by atoms with Gasteiger partial charge in [-0.15, -0.1) is 0 Å². The predicted octanol–water partition coefficient (Wildman–Crippen LogP) is 4.93. The Bertz CT molecular complexity index is 495. The lowest BCUT2D eigenvalue weighted by Crippen LogP contribution is -1.75. The summed E-state index contributed by atoms with van der Waals surface area (Å²) in [6.07, 6.45) is 4.24. The van der Waals surface area contributed by atoms with E-state index in [4.69, 9.17) is 0 Å². The lowest BCUT2D eigenvalue weighted by Gasteiger charge is -1.98. The smallest absolute Gasteiger partial charge is 0.0247 e. The fourth-order valence-corrected chi connectivity index (χ4v) is 1.89. The Morgan fingerprint density at radius 2 is 1.56 bits per heavy atom. The van der Waals surface area contributed by atoms with Gasteiger partial charge in [0, 0.05) is 4.47 Å². The Hall–Kier alpha value is -1.34. The molecule has 1 heteroatoms. The van der Waals surface area contributed by atoms with Gasteiger partial charge in [0.1, 0.15) is 0 Å². The normalized spacial score (nSPS) is 10.9. The van der Waals surface area contributed by atoms with E-state index in [0.717, 1.165) is 4.47 Å². The van der Waals surface area contributed by atoms with Crippen LogP contribution < -0.4 is 0 Å². The number of hydrogen-bond acceptors (Lipinski definition) is 0. The molecule has 0 heterocycles. The Morgan fingerprint density at radius 1 is 0.875 bits per heavy atom. The van der Waals surface area contributed by atoms with Gasteiger partial charge in [-0.1, -0.05) is 76.1 Å². The topological polar surface area (TPSA) is 0 Å². The number of halogens is 1. The third-order valence-electron chi connectivity index (χ3n) is 2.44. The van der Waals surface area contributed by atoms with Crippen LogP contribution in [0.4, 0.5) is 0 Å². The molecule has 0 saturated carbocycles. The van der Waals surface area contributed by atoms with Crippen molar-refractivity contribution in [3.63, 3.8) is 0 Å². The molecule has 0 radical (unpaired) electrons. The van der Waals surface area contributed by atoms with E-state index in [1.807, 2.05) is 12.1 Å². The summed E-state index contributed by atoms with van der Waals surface area (Å²) in [6, 6.07) is 16.7. The molecular formula is C15H13Br. The van der Waals surface area contributed by atoms with E-state index in [9.17, 15) is 0 Å². The van der Waals surface area contributed by atoms with Crippen molar-refractivity contribution in [3.8, 4) is 0 Å². The van der Waals surface area contributed by atoms with Gasteiger partial charge in [0.15, 0.2) is 0 Å². The Kier molecular flexibility index (Phi) is 3.58. The van der Waals surface area contributed by atoms with Crippen molar-refractivity contribution in [1.82, 2.24) is 0 Å². The van der Waals surface area contributed by atoms with Gasteiger partial charge in [-0.3, -0.25) is 0 Å². The van der Waals surface area contributed by atoms with E-state index in [0.29, 0.717) is 0 Å². The highest BCUT2D eigenvalue weighted by atomic mass is 79.9. The maximum absolute atomic E-state index is 3.53. The monoisotopic (exact) mass is 272 g/mol. The Morgan fingerprint density at radius 3 is 2.25 bits per heavy atom. The van der Waals surface area contributed by atoms with Crippen molar-refractivity contribution in [2.45, 2.75) is 6.92 Å². The van der Waals surface area contributed by atoms with E-state index in [-0.39, 0.29) is 0 Å². The Labute approximate surface area is 105 Å². The molecule has 0 spiro atoms. The van der Waals surface area contributed by atoms with Gasteiger partial charge in [-0.05, 0) is 24.1 Å². The van der Waals surface area contributed by atoms with Crippen molar-refractivity contribution in [3.05, 3.63) is 69.7 Å². The van der Waals surface area contributed by atoms with Crippen LogP contribution in [0.2, 0.25) is 0 Å². The second kappa shape index (κ2) is 5.13. The van der Waals surface area contributed by atoms with Crippen molar-refractivity contribution in [2.24, 2.45) is 0 Å². The molecule has 0 amide bonds. The van der Waals surface area contributed by atoms with Gasteiger partial charge >= 0.3 is 0 Å². The molecule has 16 heavy (non-hydrogen) atoms. The van der Waals surface area contributed by atoms with Gasteiger partial charge in [0.05, 0.1) is 0 Å². The molecule has 0 bridgehead atoms. The van der Waals surface area contributed by atoms with Crippen molar-refractivity contribution in [2.75, 3.05) is 0 Å². The summed E-state index contributed by atoms with van der Waals surface area (Å²) in [6.45, 7) is 2.10. The van der Waals surface area contributed by atoms with Gasteiger partial charge in [0.25, 0.3) is 0 Å². The minimum absolute atomic E-state index is 1.12. The maximum atomic E-state index is 3.53. The van der Waals surface area contributed by atoms with E-state index in [1.54, 1.807) is 0 Å². The van der Waals surface area contributed by atoms with Crippen molar-refractivity contribution in [1.29, 1.82) is 0 Å². The molecule has 0 aliphatic heterocycles. The molecule has 0 nitrogen and oxygen atoms in total. The van der Waals surface area contributed by atoms with Gasteiger partial charge in [0.2, 0.25) is 0 Å². The summed E-state index contributed by atoms with van der Waals surface area (Å²) in [4.78, 5) is 0. The highest BCUT2D eigenvalue weighted by Gasteiger charge is 1.92. The molecule has 0 aliphatic rings. The zero-order chi connectivity index (χ0) is 11.4. The zero-order valence-electron chi connectivity index (χ0n) is 9.15. The molecule has 0 saturated heterocycles. The molecule has 2 rings (SSSR count). The minimum Gasteiger partial charge on any atom is -0.0616 e. The predicted molar refractivity (Wildman–Crippen MR) is 74.2 cm³/mol. The first kappa shape index (κ1) is 11.2. The van der Waals surface area contributed by atoms with Crippen LogP contribution in [-0.2, 0) is 0 Å². The van der Waals surface area contributed by atoms with E-state index < -0.39 is 0 Å². The molecule has 0 unspecified atom stereocenters. The summed E-state index contributed by atoms with van der Waals surface area (Å²) in [5.41, 5.74) is 3.71. The maximum Gasteiger partial charge on any atom is 0.0247 e. The molecule has 2 aromatic carbocycles. The highest BCUT2D eigenvalue weighted by Crippen LogP contribution is 2.18. The number of rotatable bonds is 2. The van der Waals surface area contributed by atoms with E-state index in [1.165, 1.54) is 16.7 Å².